The van der Waals surface area contributed by atoms with Gasteiger partial charge in [0, 0.05) is 24.2 Å². The largest absolute Gasteiger partial charge is 0.374 e. The van der Waals surface area contributed by atoms with E-state index in [4.69, 9.17) is 11.6 Å². The average molecular weight is 344 g/mol. The standard InChI is InChI=1S/C18H18ClN3O2/c1-12(23)21-15-7-6-14(19)10-16(15)20-11-18(24)22-9-8-13-4-2-3-5-17(13)22/h2-7,10,20H,8-9,11H2,1H3,(H,21,23). The van der Waals surface area contributed by atoms with Gasteiger partial charge < -0.3 is 15.5 Å². The molecule has 0 spiro atoms. The van der Waals surface area contributed by atoms with Crippen LogP contribution in [-0.4, -0.2) is 24.9 Å². The zero-order valence-electron chi connectivity index (χ0n) is 13.3. The monoisotopic (exact) mass is 343 g/mol. The summed E-state index contributed by atoms with van der Waals surface area (Å²) >= 11 is 6.01. The maximum absolute atomic E-state index is 12.5. The number of hydrogen-bond donors (Lipinski definition) is 2. The maximum Gasteiger partial charge on any atom is 0.246 e. The minimum atomic E-state index is -0.180. The molecule has 1 heterocycles. The van der Waals surface area contributed by atoms with Crippen LogP contribution in [-0.2, 0) is 16.0 Å². The molecule has 0 aromatic heterocycles. The average Bonchev–Trinajstić information content (AvgIpc) is 2.98. The van der Waals surface area contributed by atoms with E-state index in [1.807, 2.05) is 24.3 Å². The molecule has 0 saturated carbocycles. The Balaban J connectivity index is 1.71. The summed E-state index contributed by atoms with van der Waals surface area (Å²) in [6, 6.07) is 13.0. The van der Waals surface area contributed by atoms with Crippen molar-refractivity contribution in [3.8, 4) is 0 Å². The number of carbonyl (C=O) groups is 2. The third-order valence-corrected chi connectivity index (χ3v) is 4.15. The van der Waals surface area contributed by atoms with Crippen LogP contribution in [0.2, 0.25) is 5.02 Å². The van der Waals surface area contributed by atoms with Crippen molar-refractivity contribution in [1.82, 2.24) is 0 Å². The molecule has 2 N–H and O–H groups in total. The zero-order chi connectivity index (χ0) is 17.1. The molecule has 0 atom stereocenters. The Hall–Kier alpha value is -2.53. The van der Waals surface area contributed by atoms with Crippen molar-refractivity contribution in [2.75, 3.05) is 28.6 Å². The topological polar surface area (TPSA) is 61.4 Å². The Morgan fingerprint density at radius 1 is 1.17 bits per heavy atom. The lowest BCUT2D eigenvalue weighted by Crippen LogP contribution is -2.34. The van der Waals surface area contributed by atoms with E-state index in [1.165, 1.54) is 12.5 Å². The maximum atomic E-state index is 12.5. The number of benzene rings is 2. The number of para-hydroxylation sites is 1. The summed E-state index contributed by atoms with van der Waals surface area (Å²) in [6.07, 6.45) is 0.871. The quantitative estimate of drug-likeness (QED) is 0.895. The Kier molecular flexibility index (Phi) is 4.71. The van der Waals surface area contributed by atoms with Crippen molar-refractivity contribution in [3.63, 3.8) is 0 Å². The predicted octanol–water partition coefficient (Wildman–Crippen LogP) is 3.30. The van der Waals surface area contributed by atoms with Gasteiger partial charge in [-0.15, -0.1) is 0 Å². The molecule has 0 unspecified atom stereocenters. The van der Waals surface area contributed by atoms with Crippen molar-refractivity contribution in [3.05, 3.63) is 53.1 Å². The molecule has 0 saturated heterocycles. The summed E-state index contributed by atoms with van der Waals surface area (Å²) in [5, 5.41) is 6.33. The molecule has 1 aliphatic heterocycles. The second-order valence-corrected chi connectivity index (χ2v) is 6.09. The third-order valence-electron chi connectivity index (χ3n) is 3.91. The van der Waals surface area contributed by atoms with Crippen LogP contribution in [0.5, 0.6) is 0 Å². The Labute approximate surface area is 145 Å². The first-order chi connectivity index (χ1) is 11.5. The minimum Gasteiger partial charge on any atom is -0.374 e. The smallest absolute Gasteiger partial charge is 0.246 e. The van der Waals surface area contributed by atoms with E-state index in [-0.39, 0.29) is 18.4 Å². The summed E-state index contributed by atoms with van der Waals surface area (Å²) < 4.78 is 0. The molecule has 2 aromatic rings. The second-order valence-electron chi connectivity index (χ2n) is 5.65. The van der Waals surface area contributed by atoms with Crippen LogP contribution in [0.4, 0.5) is 17.1 Å². The molecule has 0 radical (unpaired) electrons. The Morgan fingerprint density at radius 2 is 1.96 bits per heavy atom. The number of fused-ring (bicyclic) bond motifs is 1. The molecule has 3 rings (SSSR count). The summed E-state index contributed by atoms with van der Waals surface area (Å²) in [5.41, 5.74) is 3.38. The molecule has 0 fully saturated rings. The number of nitrogens with zero attached hydrogens (tertiary/aromatic N) is 1. The van der Waals surface area contributed by atoms with Crippen LogP contribution in [0.15, 0.2) is 42.5 Å². The summed E-state index contributed by atoms with van der Waals surface area (Å²) in [5.74, 6) is -0.200. The molecule has 2 aromatic carbocycles. The summed E-state index contributed by atoms with van der Waals surface area (Å²) in [4.78, 5) is 25.6. The first-order valence-electron chi connectivity index (χ1n) is 7.74. The second kappa shape index (κ2) is 6.93. The van der Waals surface area contributed by atoms with Crippen LogP contribution < -0.4 is 15.5 Å². The zero-order valence-corrected chi connectivity index (χ0v) is 14.1. The number of amides is 2. The SMILES string of the molecule is CC(=O)Nc1ccc(Cl)cc1NCC(=O)N1CCc2ccccc21. The van der Waals surface area contributed by atoms with Crippen molar-refractivity contribution in [2.24, 2.45) is 0 Å². The molecular weight excluding hydrogens is 326 g/mol. The molecule has 6 heteroatoms. The highest BCUT2D eigenvalue weighted by Gasteiger charge is 2.23. The van der Waals surface area contributed by atoms with Crippen LogP contribution >= 0.6 is 11.6 Å². The number of carbonyl (C=O) groups excluding carboxylic acids is 2. The predicted molar refractivity (Wildman–Crippen MR) is 96.7 cm³/mol. The van der Waals surface area contributed by atoms with Crippen LogP contribution in [0.3, 0.4) is 0 Å². The van der Waals surface area contributed by atoms with E-state index in [9.17, 15) is 9.59 Å². The number of hydrogen-bond acceptors (Lipinski definition) is 3. The van der Waals surface area contributed by atoms with Crippen molar-refractivity contribution < 1.29 is 9.59 Å². The normalized spacial score (nSPS) is 12.7. The van der Waals surface area contributed by atoms with Gasteiger partial charge >= 0.3 is 0 Å². The van der Waals surface area contributed by atoms with Gasteiger partial charge in [0.2, 0.25) is 11.8 Å². The lowest BCUT2D eigenvalue weighted by molar-refractivity contribution is -0.117. The van der Waals surface area contributed by atoms with Gasteiger partial charge in [-0.3, -0.25) is 9.59 Å². The lowest BCUT2D eigenvalue weighted by Gasteiger charge is -2.19. The van der Waals surface area contributed by atoms with Crippen LogP contribution in [0.1, 0.15) is 12.5 Å². The van der Waals surface area contributed by atoms with Crippen molar-refractivity contribution in [2.45, 2.75) is 13.3 Å². The highest BCUT2D eigenvalue weighted by Crippen LogP contribution is 2.28. The fraction of sp³-hybridized carbons (Fsp3) is 0.222. The van der Waals surface area contributed by atoms with Gasteiger partial charge in [-0.2, -0.15) is 0 Å². The van der Waals surface area contributed by atoms with Gasteiger partial charge in [0.05, 0.1) is 17.9 Å². The molecule has 24 heavy (non-hydrogen) atoms. The van der Waals surface area contributed by atoms with Crippen LogP contribution in [0, 0.1) is 0 Å². The van der Waals surface area contributed by atoms with E-state index >= 15 is 0 Å². The van der Waals surface area contributed by atoms with Gasteiger partial charge in [0.15, 0.2) is 0 Å². The molecule has 2 amide bonds. The van der Waals surface area contributed by atoms with Crippen LogP contribution in [0.25, 0.3) is 0 Å². The third kappa shape index (κ3) is 3.51. The van der Waals surface area contributed by atoms with Crippen molar-refractivity contribution in [1.29, 1.82) is 0 Å². The van der Waals surface area contributed by atoms with Gasteiger partial charge in [-0.25, -0.2) is 0 Å². The van der Waals surface area contributed by atoms with Gasteiger partial charge in [0.25, 0.3) is 0 Å². The van der Waals surface area contributed by atoms with E-state index in [1.54, 1.807) is 23.1 Å². The molecule has 5 nitrogen and oxygen atoms in total. The van der Waals surface area contributed by atoms with E-state index in [0.717, 1.165) is 12.1 Å². The minimum absolute atomic E-state index is 0.0197. The van der Waals surface area contributed by atoms with Gasteiger partial charge in [-0.1, -0.05) is 29.8 Å². The van der Waals surface area contributed by atoms with Gasteiger partial charge in [-0.05, 0) is 36.2 Å². The highest BCUT2D eigenvalue weighted by atomic mass is 35.5. The molecule has 124 valence electrons. The number of halogens is 1. The molecule has 0 bridgehead atoms. The van der Waals surface area contributed by atoms with E-state index in [2.05, 4.69) is 10.6 Å². The Morgan fingerprint density at radius 3 is 2.75 bits per heavy atom. The number of nitrogens with one attached hydrogen (secondary N) is 2. The summed E-state index contributed by atoms with van der Waals surface area (Å²) in [6.45, 7) is 2.25. The van der Waals surface area contributed by atoms with E-state index in [0.29, 0.717) is 22.9 Å². The molecule has 0 aliphatic carbocycles. The molecule has 1 aliphatic rings. The van der Waals surface area contributed by atoms with E-state index < -0.39 is 0 Å². The lowest BCUT2D eigenvalue weighted by atomic mass is 10.2. The molecular formula is C18H18ClN3O2. The summed E-state index contributed by atoms with van der Waals surface area (Å²) in [7, 11) is 0. The fourth-order valence-electron chi connectivity index (χ4n) is 2.82. The number of anilines is 3. The highest BCUT2D eigenvalue weighted by molar-refractivity contribution is 6.31. The number of rotatable bonds is 4. The first kappa shape index (κ1) is 16.3. The fourth-order valence-corrected chi connectivity index (χ4v) is 3.00. The van der Waals surface area contributed by atoms with Crippen molar-refractivity contribution >= 4 is 40.5 Å². The first-order valence-corrected chi connectivity index (χ1v) is 8.11. The Bertz CT molecular complexity index is 792. The van der Waals surface area contributed by atoms with Gasteiger partial charge in [0.1, 0.15) is 0 Å².